The molecule has 0 aromatic carbocycles. The van der Waals surface area contributed by atoms with E-state index in [-0.39, 0.29) is 24.8 Å². The number of amides is 1. The molecule has 1 amide bonds. The van der Waals surface area contributed by atoms with E-state index in [1.54, 1.807) is 18.2 Å². The lowest BCUT2D eigenvalue weighted by Crippen LogP contribution is -2.23. The zero-order chi connectivity index (χ0) is 10.4. The summed E-state index contributed by atoms with van der Waals surface area (Å²) in [4.78, 5) is 15.3. The number of rotatable bonds is 4. The van der Waals surface area contributed by atoms with Crippen LogP contribution in [0.3, 0.4) is 0 Å². The Bertz CT molecular complexity index is 292. The summed E-state index contributed by atoms with van der Waals surface area (Å²) < 4.78 is 0.986. The Hall–Kier alpha value is -1.13. The van der Waals surface area contributed by atoms with Crippen molar-refractivity contribution >= 4 is 17.7 Å². The van der Waals surface area contributed by atoms with Crippen LogP contribution in [-0.4, -0.2) is 28.5 Å². The van der Waals surface area contributed by atoms with Crippen molar-refractivity contribution in [1.82, 2.24) is 9.40 Å². The van der Waals surface area contributed by atoms with Gasteiger partial charge in [0.2, 0.25) is 0 Å². The molecule has 1 rings (SSSR count). The number of aromatic nitrogens is 1. The van der Waals surface area contributed by atoms with Gasteiger partial charge in [-0.15, -0.1) is 0 Å². The van der Waals surface area contributed by atoms with Crippen LogP contribution in [0.15, 0.2) is 24.4 Å². The second-order valence-corrected chi connectivity index (χ2v) is 3.07. The molecule has 0 atom stereocenters. The van der Waals surface area contributed by atoms with Gasteiger partial charge in [-0.05, 0) is 18.6 Å². The molecule has 5 heteroatoms. The highest BCUT2D eigenvalue weighted by molar-refractivity contribution is 6.23. The van der Waals surface area contributed by atoms with Gasteiger partial charge in [0.1, 0.15) is 5.69 Å². The first-order valence-electron chi connectivity index (χ1n) is 4.22. The molecule has 75 valence electrons. The number of hydrogen-bond acceptors (Lipinski definition) is 2. The SMILES string of the molecule is [O]CCCN(Cl)C(=O)c1ccccn1. The maximum absolute atomic E-state index is 11.5. The highest BCUT2D eigenvalue weighted by Crippen LogP contribution is 2.04. The van der Waals surface area contributed by atoms with Gasteiger partial charge in [0.15, 0.2) is 0 Å². The lowest BCUT2D eigenvalue weighted by atomic mass is 10.3. The minimum Gasteiger partial charge on any atom is -0.266 e. The van der Waals surface area contributed by atoms with E-state index in [0.29, 0.717) is 6.42 Å². The van der Waals surface area contributed by atoms with Crippen molar-refractivity contribution in [3.63, 3.8) is 0 Å². The molecule has 14 heavy (non-hydrogen) atoms. The van der Waals surface area contributed by atoms with Crippen LogP contribution in [0.2, 0.25) is 0 Å². The van der Waals surface area contributed by atoms with Crippen molar-refractivity contribution in [3.8, 4) is 0 Å². The molecule has 1 radical (unpaired) electrons. The number of hydrogen-bond donors (Lipinski definition) is 0. The second-order valence-electron chi connectivity index (χ2n) is 2.66. The fourth-order valence-corrected chi connectivity index (χ4v) is 1.12. The van der Waals surface area contributed by atoms with E-state index in [9.17, 15) is 9.90 Å². The van der Waals surface area contributed by atoms with Gasteiger partial charge in [-0.1, -0.05) is 6.07 Å². The topological polar surface area (TPSA) is 53.1 Å². The van der Waals surface area contributed by atoms with Crippen LogP contribution >= 0.6 is 11.8 Å². The molecule has 4 nitrogen and oxygen atoms in total. The number of carbonyl (C=O) groups is 1. The summed E-state index contributed by atoms with van der Waals surface area (Å²) >= 11 is 5.65. The first-order chi connectivity index (χ1) is 6.75. The fraction of sp³-hybridized carbons (Fsp3) is 0.333. The van der Waals surface area contributed by atoms with E-state index in [4.69, 9.17) is 11.8 Å². The average Bonchev–Trinajstić information content (AvgIpc) is 2.26. The Morgan fingerprint density at radius 3 is 2.86 bits per heavy atom. The van der Waals surface area contributed by atoms with Gasteiger partial charge in [0, 0.05) is 24.5 Å². The highest BCUT2D eigenvalue weighted by Gasteiger charge is 2.13. The Morgan fingerprint density at radius 2 is 2.29 bits per heavy atom. The van der Waals surface area contributed by atoms with E-state index >= 15 is 0 Å². The van der Waals surface area contributed by atoms with Crippen molar-refractivity contribution in [3.05, 3.63) is 30.1 Å². The van der Waals surface area contributed by atoms with Crippen LogP contribution in [0.1, 0.15) is 16.9 Å². The van der Waals surface area contributed by atoms with Crippen LogP contribution < -0.4 is 0 Å². The minimum atomic E-state index is -0.374. The summed E-state index contributed by atoms with van der Waals surface area (Å²) in [5.74, 6) is -0.374. The first-order valence-corrected chi connectivity index (χ1v) is 4.56. The molecule has 1 aromatic rings. The molecule has 0 bridgehead atoms. The van der Waals surface area contributed by atoms with Crippen molar-refractivity contribution in [2.45, 2.75) is 6.42 Å². The number of carbonyl (C=O) groups excluding carboxylic acids is 1. The van der Waals surface area contributed by atoms with Crippen molar-refractivity contribution in [1.29, 1.82) is 0 Å². The summed E-state index contributed by atoms with van der Waals surface area (Å²) in [6.45, 7) is 0.0131. The Labute approximate surface area is 87.2 Å². The van der Waals surface area contributed by atoms with Gasteiger partial charge in [0.05, 0.1) is 6.61 Å². The van der Waals surface area contributed by atoms with Crippen LogP contribution in [0, 0.1) is 0 Å². The molecular weight excluding hydrogens is 204 g/mol. The second kappa shape index (κ2) is 5.57. The molecule has 0 spiro atoms. The zero-order valence-corrected chi connectivity index (χ0v) is 8.28. The molecule has 0 unspecified atom stereocenters. The smallest absolute Gasteiger partial charge is 0.266 e. The number of pyridine rings is 1. The lowest BCUT2D eigenvalue weighted by Gasteiger charge is -2.11. The fourth-order valence-electron chi connectivity index (χ4n) is 0.918. The molecule has 1 aromatic heterocycles. The van der Waals surface area contributed by atoms with Crippen LogP contribution in [0.25, 0.3) is 0 Å². The maximum Gasteiger partial charge on any atom is 0.286 e. The van der Waals surface area contributed by atoms with E-state index in [1.807, 2.05) is 0 Å². The van der Waals surface area contributed by atoms with Crippen LogP contribution in [-0.2, 0) is 5.11 Å². The van der Waals surface area contributed by atoms with E-state index in [0.717, 1.165) is 4.42 Å². The minimum absolute atomic E-state index is 0.237. The normalized spacial score (nSPS) is 9.86. The van der Waals surface area contributed by atoms with Crippen molar-refractivity contribution in [2.75, 3.05) is 13.2 Å². The largest absolute Gasteiger partial charge is 0.286 e. The van der Waals surface area contributed by atoms with E-state index < -0.39 is 0 Å². The number of nitrogens with zero attached hydrogens (tertiary/aromatic N) is 2. The summed E-state index contributed by atoms with van der Waals surface area (Å²) in [5, 5.41) is 10.2. The van der Waals surface area contributed by atoms with E-state index in [2.05, 4.69) is 4.98 Å². The van der Waals surface area contributed by atoms with Gasteiger partial charge in [0.25, 0.3) is 5.91 Å². The average molecular weight is 214 g/mol. The maximum atomic E-state index is 11.5. The zero-order valence-electron chi connectivity index (χ0n) is 7.52. The Balaban J connectivity index is 2.57. The molecule has 0 aliphatic rings. The predicted octanol–water partition coefficient (Wildman–Crippen LogP) is 1.50. The summed E-state index contributed by atoms with van der Waals surface area (Å²) in [5.41, 5.74) is 0.286. The van der Waals surface area contributed by atoms with Gasteiger partial charge in [-0.25, -0.2) is 9.53 Å². The van der Waals surface area contributed by atoms with Crippen molar-refractivity contribution < 1.29 is 9.90 Å². The molecule has 0 aliphatic heterocycles. The third-order valence-electron chi connectivity index (χ3n) is 1.60. The molecule has 1 heterocycles. The standard InChI is InChI=1S/C9H10ClN2O2/c10-12(6-3-7-13)9(14)8-4-1-2-5-11-8/h1-2,4-5H,3,6-7H2. The quantitative estimate of drug-likeness (QED) is 0.712. The van der Waals surface area contributed by atoms with Gasteiger partial charge in [-0.3, -0.25) is 9.78 Å². The lowest BCUT2D eigenvalue weighted by molar-refractivity contribution is 0.0846. The molecular formula is C9H10ClN2O2. The van der Waals surface area contributed by atoms with Gasteiger partial charge < -0.3 is 0 Å². The number of halogens is 1. The third kappa shape index (κ3) is 2.97. The molecule has 0 saturated heterocycles. The first kappa shape index (κ1) is 10.9. The van der Waals surface area contributed by atoms with Crippen LogP contribution in [0.5, 0.6) is 0 Å². The molecule has 0 saturated carbocycles. The molecule has 0 aliphatic carbocycles. The van der Waals surface area contributed by atoms with Gasteiger partial charge in [-0.2, -0.15) is 0 Å². The Morgan fingerprint density at radius 1 is 1.50 bits per heavy atom. The summed E-state index contributed by atoms with van der Waals surface area (Å²) in [7, 11) is 0. The third-order valence-corrected chi connectivity index (χ3v) is 1.93. The van der Waals surface area contributed by atoms with Crippen LogP contribution in [0.4, 0.5) is 0 Å². The summed E-state index contributed by atoms with van der Waals surface area (Å²) in [6, 6.07) is 5.00. The Kier molecular flexibility index (Phi) is 4.35. The molecule has 0 fully saturated rings. The van der Waals surface area contributed by atoms with Crippen molar-refractivity contribution in [2.24, 2.45) is 0 Å². The van der Waals surface area contributed by atoms with E-state index in [1.165, 1.54) is 6.20 Å². The van der Waals surface area contributed by atoms with Gasteiger partial charge >= 0.3 is 0 Å². The monoisotopic (exact) mass is 213 g/mol. The predicted molar refractivity (Wildman–Crippen MR) is 51.3 cm³/mol. The summed E-state index contributed by atoms with van der Waals surface area (Å²) in [6.07, 6.45) is 1.87. The highest BCUT2D eigenvalue weighted by atomic mass is 35.5. The molecule has 0 N–H and O–H groups in total.